The first-order chi connectivity index (χ1) is 13.3. The van der Waals surface area contributed by atoms with Crippen molar-refractivity contribution in [3.8, 4) is 0 Å². The van der Waals surface area contributed by atoms with Crippen molar-refractivity contribution in [1.82, 2.24) is 0 Å². The number of fused-ring (bicyclic) bond motifs is 1. The highest BCUT2D eigenvalue weighted by atomic mass is 16.3. The smallest absolute Gasteiger partial charge is 0.0583 e. The van der Waals surface area contributed by atoms with Crippen LogP contribution in [0.2, 0.25) is 0 Å². The lowest BCUT2D eigenvalue weighted by Crippen LogP contribution is -2.36. The van der Waals surface area contributed by atoms with Crippen LogP contribution in [0.4, 0.5) is 0 Å². The molecule has 0 amide bonds. The third kappa shape index (κ3) is 4.84. The van der Waals surface area contributed by atoms with Crippen molar-refractivity contribution in [1.29, 1.82) is 0 Å². The van der Waals surface area contributed by atoms with Gasteiger partial charge >= 0.3 is 0 Å². The van der Waals surface area contributed by atoms with E-state index >= 15 is 0 Å². The zero-order valence-electron chi connectivity index (χ0n) is 19.0. The number of hydrogen-bond donors (Lipinski definition) is 1. The molecule has 3 rings (SSSR count). The molecule has 0 spiro atoms. The van der Waals surface area contributed by atoms with E-state index in [2.05, 4.69) is 46.4 Å². The maximum absolute atomic E-state index is 10.0. The molecule has 0 aliphatic heterocycles. The maximum Gasteiger partial charge on any atom is 0.0583 e. The highest BCUT2D eigenvalue weighted by Gasteiger charge is 2.50. The Morgan fingerprint density at radius 3 is 2.64 bits per heavy atom. The van der Waals surface area contributed by atoms with Crippen molar-refractivity contribution in [3.63, 3.8) is 0 Å². The van der Waals surface area contributed by atoms with Crippen molar-refractivity contribution in [2.45, 2.75) is 104 Å². The van der Waals surface area contributed by atoms with Crippen LogP contribution in [0.3, 0.4) is 0 Å². The van der Waals surface area contributed by atoms with Crippen LogP contribution in [-0.2, 0) is 0 Å². The average Bonchev–Trinajstić information content (AvgIpc) is 2.99. The molecule has 1 heteroatoms. The van der Waals surface area contributed by atoms with E-state index in [4.69, 9.17) is 0 Å². The molecule has 0 aromatic rings. The van der Waals surface area contributed by atoms with Crippen LogP contribution >= 0.6 is 0 Å². The van der Waals surface area contributed by atoms with E-state index in [9.17, 15) is 5.11 Å². The summed E-state index contributed by atoms with van der Waals surface area (Å²) in [6, 6.07) is 0. The molecule has 0 saturated heterocycles. The Morgan fingerprint density at radius 2 is 1.89 bits per heavy atom. The molecule has 1 N–H and O–H groups in total. The number of rotatable bonds is 6. The predicted octanol–water partition coefficient (Wildman–Crippen LogP) is 7.62. The van der Waals surface area contributed by atoms with E-state index in [0.29, 0.717) is 5.41 Å². The quantitative estimate of drug-likeness (QED) is 0.499. The van der Waals surface area contributed by atoms with Gasteiger partial charge in [-0.05, 0) is 86.0 Å². The first-order valence-electron chi connectivity index (χ1n) is 12.1. The Labute approximate surface area is 174 Å². The normalized spacial score (nSPS) is 37.6. The number of aliphatic hydroxyl groups excluding tert-OH is 1. The Balaban J connectivity index is 1.70. The summed E-state index contributed by atoms with van der Waals surface area (Å²) in [6.45, 7) is 14.1. The third-order valence-electron chi connectivity index (χ3n) is 8.35. The van der Waals surface area contributed by atoms with E-state index in [0.717, 1.165) is 42.9 Å². The number of aliphatic hydroxyl groups is 1. The molecule has 3 saturated carbocycles. The largest absolute Gasteiger partial charge is 0.393 e. The molecule has 0 heterocycles. The summed E-state index contributed by atoms with van der Waals surface area (Å²) in [5.74, 6) is 3.37. The summed E-state index contributed by atoms with van der Waals surface area (Å²) >= 11 is 0. The minimum atomic E-state index is -0.172. The van der Waals surface area contributed by atoms with Gasteiger partial charge in [0.15, 0.2) is 0 Å². The van der Waals surface area contributed by atoms with Crippen molar-refractivity contribution >= 4 is 0 Å². The van der Waals surface area contributed by atoms with Crippen LogP contribution in [0.15, 0.2) is 35.5 Å². The van der Waals surface area contributed by atoms with Crippen molar-refractivity contribution in [3.05, 3.63) is 35.5 Å². The molecule has 0 unspecified atom stereocenters. The number of hydrogen-bond acceptors (Lipinski definition) is 1. The van der Waals surface area contributed by atoms with Crippen LogP contribution in [0.1, 0.15) is 98.3 Å². The van der Waals surface area contributed by atoms with Crippen LogP contribution in [0.25, 0.3) is 0 Å². The summed E-state index contributed by atoms with van der Waals surface area (Å²) in [5.41, 5.74) is 4.72. The fourth-order valence-corrected chi connectivity index (χ4v) is 6.66. The van der Waals surface area contributed by atoms with Gasteiger partial charge in [0, 0.05) is 0 Å². The Bertz CT molecular complexity index is 610. The fraction of sp³-hybridized carbons (Fsp3) is 0.778. The molecule has 0 bridgehead atoms. The molecule has 28 heavy (non-hydrogen) atoms. The minimum Gasteiger partial charge on any atom is -0.393 e. The molecule has 3 fully saturated rings. The molecule has 0 aromatic carbocycles. The molecular formula is C27H44O. The average molecular weight is 385 g/mol. The summed E-state index contributed by atoms with van der Waals surface area (Å²) in [7, 11) is 0. The lowest BCUT2D eigenvalue weighted by atomic mass is 9.60. The summed E-state index contributed by atoms with van der Waals surface area (Å²) in [4.78, 5) is 0. The predicted molar refractivity (Wildman–Crippen MR) is 121 cm³/mol. The van der Waals surface area contributed by atoms with Gasteiger partial charge in [0.05, 0.1) is 6.10 Å². The van der Waals surface area contributed by atoms with Crippen LogP contribution in [-0.4, -0.2) is 11.2 Å². The van der Waals surface area contributed by atoms with Crippen molar-refractivity contribution < 1.29 is 5.11 Å². The van der Waals surface area contributed by atoms with E-state index in [1.54, 1.807) is 5.57 Å². The van der Waals surface area contributed by atoms with Gasteiger partial charge in [-0.3, -0.25) is 0 Å². The second kappa shape index (κ2) is 9.33. The van der Waals surface area contributed by atoms with Crippen LogP contribution in [0, 0.1) is 29.1 Å². The van der Waals surface area contributed by atoms with Gasteiger partial charge in [0.25, 0.3) is 0 Å². The lowest BCUT2D eigenvalue weighted by Gasteiger charge is -2.44. The van der Waals surface area contributed by atoms with Crippen LogP contribution in [0.5, 0.6) is 0 Å². The summed E-state index contributed by atoms with van der Waals surface area (Å²) in [6.07, 6.45) is 18.2. The number of allylic oxidation sites excluding steroid dienone is 4. The van der Waals surface area contributed by atoms with E-state index in [-0.39, 0.29) is 6.10 Å². The monoisotopic (exact) mass is 384 g/mol. The summed E-state index contributed by atoms with van der Waals surface area (Å²) in [5, 5.41) is 10.0. The van der Waals surface area contributed by atoms with Gasteiger partial charge in [-0.25, -0.2) is 0 Å². The van der Waals surface area contributed by atoms with Crippen molar-refractivity contribution in [2.75, 3.05) is 0 Å². The van der Waals surface area contributed by atoms with E-state index in [1.165, 1.54) is 62.5 Å². The Hall–Kier alpha value is -0.820. The molecular weight excluding hydrogens is 340 g/mol. The zero-order valence-corrected chi connectivity index (χ0v) is 19.0. The Morgan fingerprint density at radius 1 is 1.11 bits per heavy atom. The van der Waals surface area contributed by atoms with Gasteiger partial charge in [-0.2, -0.15) is 0 Å². The SMILES string of the molecule is C=C1CC[C@@H](O)C/C1=C\C=C1/CCC[C@]2(C)[C@@H]1CC[C@@H]2[C@@H](C)CCCC(C)C. The molecule has 3 aliphatic rings. The molecule has 0 aromatic heterocycles. The van der Waals surface area contributed by atoms with Gasteiger partial charge in [-0.1, -0.05) is 76.8 Å². The maximum atomic E-state index is 10.0. The van der Waals surface area contributed by atoms with Gasteiger partial charge in [0.2, 0.25) is 0 Å². The standard InChI is InChI=1S/C27H44O/c1-19(2)8-6-9-21(4)25-15-16-26-22(10-7-17-27(25,26)5)12-13-23-18-24(28)14-11-20(23)3/h12-13,19,21,24-26,28H,3,6-11,14-18H2,1-2,4-5H3/b22-12+,23-13+/t21-,24+,25+,26+,27-/m0/s1. The molecule has 0 radical (unpaired) electrons. The molecule has 5 atom stereocenters. The lowest BCUT2D eigenvalue weighted by molar-refractivity contribution is 0.0929. The van der Waals surface area contributed by atoms with Gasteiger partial charge in [0.1, 0.15) is 0 Å². The second-order valence-electron chi connectivity index (χ2n) is 10.8. The Kier molecular flexibility index (Phi) is 7.29. The molecule has 158 valence electrons. The van der Waals surface area contributed by atoms with Gasteiger partial charge < -0.3 is 5.11 Å². The highest BCUT2D eigenvalue weighted by molar-refractivity contribution is 5.36. The van der Waals surface area contributed by atoms with E-state index < -0.39 is 0 Å². The second-order valence-corrected chi connectivity index (χ2v) is 10.8. The summed E-state index contributed by atoms with van der Waals surface area (Å²) < 4.78 is 0. The van der Waals surface area contributed by atoms with E-state index in [1.807, 2.05) is 0 Å². The third-order valence-corrected chi connectivity index (χ3v) is 8.35. The van der Waals surface area contributed by atoms with Crippen LogP contribution < -0.4 is 0 Å². The topological polar surface area (TPSA) is 20.2 Å². The minimum absolute atomic E-state index is 0.172. The molecule has 3 aliphatic carbocycles. The molecule has 1 nitrogen and oxygen atoms in total. The first-order valence-corrected chi connectivity index (χ1v) is 12.1. The van der Waals surface area contributed by atoms with Crippen molar-refractivity contribution in [2.24, 2.45) is 29.1 Å². The first kappa shape index (κ1) is 21.9. The zero-order chi connectivity index (χ0) is 20.3. The van der Waals surface area contributed by atoms with Gasteiger partial charge in [-0.15, -0.1) is 0 Å². The fourth-order valence-electron chi connectivity index (χ4n) is 6.66. The highest BCUT2D eigenvalue weighted by Crippen LogP contribution is 2.59.